The van der Waals surface area contributed by atoms with E-state index in [1.54, 1.807) is 6.07 Å². The van der Waals surface area contributed by atoms with E-state index in [-0.39, 0.29) is 11.9 Å². The number of anilines is 1. The van der Waals surface area contributed by atoms with E-state index in [0.29, 0.717) is 30.8 Å². The molecule has 158 valence electrons. The number of halogens is 4. The maximum absolute atomic E-state index is 13.3. The molecule has 2 aromatic rings. The summed E-state index contributed by atoms with van der Waals surface area (Å²) in [6.07, 6.45) is 2.01. The van der Waals surface area contributed by atoms with Crippen molar-refractivity contribution in [1.82, 2.24) is 9.88 Å². The summed E-state index contributed by atoms with van der Waals surface area (Å²) in [6.45, 7) is 1.08. The molecule has 1 aromatic carbocycles. The van der Waals surface area contributed by atoms with Crippen LogP contribution in [0.4, 0.5) is 23.2 Å². The number of rotatable bonds is 4. The molecule has 2 aliphatic rings. The van der Waals surface area contributed by atoms with Crippen molar-refractivity contribution in [1.29, 1.82) is 0 Å². The van der Waals surface area contributed by atoms with Gasteiger partial charge in [0.2, 0.25) is 5.95 Å². The number of pyridine rings is 1. The van der Waals surface area contributed by atoms with Gasteiger partial charge in [-0.2, -0.15) is 4.39 Å². The van der Waals surface area contributed by atoms with Gasteiger partial charge in [0.05, 0.1) is 6.10 Å². The first-order valence-corrected chi connectivity index (χ1v) is 9.37. The average Bonchev–Trinajstić information content (AvgIpc) is 3.13. The van der Waals surface area contributed by atoms with Gasteiger partial charge in [-0.1, -0.05) is 6.08 Å². The Balaban J connectivity index is 1.67. The van der Waals surface area contributed by atoms with Gasteiger partial charge in [-0.25, -0.2) is 4.98 Å². The van der Waals surface area contributed by atoms with Crippen molar-refractivity contribution in [3.05, 3.63) is 72.5 Å². The average molecular weight is 421 g/mol. The number of allylic oxidation sites excluding steroid dienone is 2. The van der Waals surface area contributed by atoms with Gasteiger partial charge in [-0.15, -0.1) is 13.2 Å². The van der Waals surface area contributed by atoms with E-state index in [0.717, 1.165) is 5.57 Å². The van der Waals surface area contributed by atoms with Crippen LogP contribution in [0.5, 0.6) is 5.75 Å². The molecule has 4 rings (SSSR count). The Labute approximate surface area is 170 Å². The third kappa shape index (κ3) is 4.47. The Bertz CT molecular complexity index is 942. The van der Waals surface area contributed by atoms with Crippen molar-refractivity contribution < 1.29 is 27.4 Å². The third-order valence-corrected chi connectivity index (χ3v) is 5.03. The molecule has 0 aliphatic carbocycles. The van der Waals surface area contributed by atoms with Gasteiger partial charge in [0.15, 0.2) is 0 Å². The van der Waals surface area contributed by atoms with E-state index in [4.69, 9.17) is 0 Å². The van der Waals surface area contributed by atoms with Crippen molar-refractivity contribution in [2.45, 2.75) is 25.1 Å². The second kappa shape index (κ2) is 8.08. The molecule has 0 amide bonds. The molecule has 2 atom stereocenters. The summed E-state index contributed by atoms with van der Waals surface area (Å²) < 4.78 is 54.6. The van der Waals surface area contributed by atoms with E-state index >= 15 is 0 Å². The lowest BCUT2D eigenvalue weighted by Crippen LogP contribution is -2.47. The number of aromatic nitrogens is 1. The lowest BCUT2D eigenvalue weighted by atomic mass is 10.00. The molecular weight excluding hydrogens is 402 g/mol. The fourth-order valence-electron chi connectivity index (χ4n) is 3.76. The van der Waals surface area contributed by atoms with Crippen LogP contribution in [0.3, 0.4) is 0 Å². The highest BCUT2D eigenvalue weighted by molar-refractivity contribution is 5.76. The maximum atomic E-state index is 13.3. The predicted molar refractivity (Wildman–Crippen MR) is 103 cm³/mol. The smallest absolute Gasteiger partial charge is 0.406 e. The van der Waals surface area contributed by atoms with Gasteiger partial charge in [-0.05, 0) is 60.0 Å². The van der Waals surface area contributed by atoms with Crippen LogP contribution in [0.2, 0.25) is 0 Å². The van der Waals surface area contributed by atoms with Gasteiger partial charge >= 0.3 is 6.36 Å². The van der Waals surface area contributed by atoms with Crippen LogP contribution < -0.4 is 9.64 Å². The minimum Gasteiger partial charge on any atom is -0.406 e. The number of aliphatic hydroxyl groups is 1. The Morgan fingerprint density at radius 2 is 1.87 bits per heavy atom. The number of alkyl halides is 3. The summed E-state index contributed by atoms with van der Waals surface area (Å²) in [7, 11) is 0. The number of hydrogen-bond acceptors (Lipinski definition) is 5. The normalized spacial score (nSPS) is 22.3. The van der Waals surface area contributed by atoms with Crippen LogP contribution in [-0.4, -0.2) is 46.7 Å². The number of β-amino-alcohol motifs (C(OH)–C–C–N with tert-alkyl or cyclic N) is 1. The summed E-state index contributed by atoms with van der Waals surface area (Å²) in [6, 6.07) is 8.49. The van der Waals surface area contributed by atoms with Crippen LogP contribution in [0.25, 0.3) is 5.57 Å². The van der Waals surface area contributed by atoms with Gasteiger partial charge in [0.1, 0.15) is 11.9 Å². The molecule has 5 nitrogen and oxygen atoms in total. The Kier molecular flexibility index (Phi) is 5.48. The van der Waals surface area contributed by atoms with Crippen molar-refractivity contribution >= 4 is 11.3 Å². The first kappa shape index (κ1) is 20.4. The SMILES string of the molecule is OC1CCN([C@H]2C(c3ccc(F)nc3)=CC=CN2c2ccc(OC(F)(F)F)cc2)C1. The molecule has 1 unspecified atom stereocenters. The Hall–Kier alpha value is -2.91. The van der Waals surface area contributed by atoms with E-state index in [1.165, 1.54) is 36.5 Å². The molecule has 1 fully saturated rings. The van der Waals surface area contributed by atoms with E-state index in [1.807, 2.05) is 23.3 Å². The van der Waals surface area contributed by atoms with Gasteiger partial charge in [0, 0.05) is 31.2 Å². The molecule has 0 radical (unpaired) electrons. The highest BCUT2D eigenvalue weighted by atomic mass is 19.4. The fourth-order valence-corrected chi connectivity index (χ4v) is 3.76. The van der Waals surface area contributed by atoms with Crippen LogP contribution in [0, 0.1) is 5.95 Å². The van der Waals surface area contributed by atoms with Crippen molar-refractivity contribution in [2.24, 2.45) is 0 Å². The standard InChI is InChI=1S/C21H19F4N3O2/c22-19-8-3-14(12-26-19)18-2-1-10-28(20(18)27-11-9-16(29)13-27)15-4-6-17(7-5-15)30-21(23,24)25/h1-8,10,12,16,20,29H,9,11,13H2/t16?,20-/m1/s1. The predicted octanol–water partition coefficient (Wildman–Crippen LogP) is 3.93. The monoisotopic (exact) mass is 421 g/mol. The molecule has 0 spiro atoms. The highest BCUT2D eigenvalue weighted by Crippen LogP contribution is 2.35. The van der Waals surface area contributed by atoms with E-state index in [9.17, 15) is 22.7 Å². The zero-order valence-corrected chi connectivity index (χ0v) is 15.8. The van der Waals surface area contributed by atoms with Crippen molar-refractivity contribution in [2.75, 3.05) is 18.0 Å². The summed E-state index contributed by atoms with van der Waals surface area (Å²) in [5, 5.41) is 10.0. The number of benzene rings is 1. The molecule has 2 aliphatic heterocycles. The quantitative estimate of drug-likeness (QED) is 0.599. The molecule has 1 saturated heterocycles. The zero-order chi connectivity index (χ0) is 21.3. The minimum absolute atomic E-state index is 0.307. The molecule has 9 heteroatoms. The summed E-state index contributed by atoms with van der Waals surface area (Å²) in [5.74, 6) is -0.894. The Morgan fingerprint density at radius 1 is 1.10 bits per heavy atom. The number of nitrogens with zero attached hydrogens (tertiary/aromatic N) is 3. The van der Waals surface area contributed by atoms with Gasteiger partial charge in [0.25, 0.3) is 0 Å². The second-order valence-corrected chi connectivity index (χ2v) is 7.09. The van der Waals surface area contributed by atoms with Crippen molar-refractivity contribution in [3.63, 3.8) is 0 Å². The number of hydrogen-bond donors (Lipinski definition) is 1. The molecule has 0 bridgehead atoms. The first-order valence-electron chi connectivity index (χ1n) is 9.37. The van der Waals surface area contributed by atoms with Gasteiger partial charge < -0.3 is 14.7 Å². The number of likely N-dealkylation sites (tertiary alicyclic amines) is 1. The largest absolute Gasteiger partial charge is 0.573 e. The van der Waals surface area contributed by atoms with Crippen LogP contribution in [-0.2, 0) is 0 Å². The number of aliphatic hydroxyl groups excluding tert-OH is 1. The van der Waals surface area contributed by atoms with E-state index in [2.05, 4.69) is 14.6 Å². The van der Waals surface area contributed by atoms with Crippen LogP contribution >= 0.6 is 0 Å². The Morgan fingerprint density at radius 3 is 2.47 bits per heavy atom. The topological polar surface area (TPSA) is 48.8 Å². The van der Waals surface area contributed by atoms with E-state index < -0.39 is 18.4 Å². The van der Waals surface area contributed by atoms with Crippen molar-refractivity contribution in [3.8, 4) is 5.75 Å². The molecule has 1 aromatic heterocycles. The lowest BCUT2D eigenvalue weighted by molar-refractivity contribution is -0.274. The highest BCUT2D eigenvalue weighted by Gasteiger charge is 2.35. The van der Waals surface area contributed by atoms with Crippen LogP contribution in [0.15, 0.2) is 60.9 Å². The third-order valence-electron chi connectivity index (χ3n) is 5.03. The first-order chi connectivity index (χ1) is 14.3. The summed E-state index contributed by atoms with van der Waals surface area (Å²) >= 11 is 0. The van der Waals surface area contributed by atoms with Gasteiger partial charge in [-0.3, -0.25) is 4.90 Å². The number of ether oxygens (including phenoxy) is 1. The molecule has 1 N–H and O–H groups in total. The zero-order valence-electron chi connectivity index (χ0n) is 15.8. The van der Waals surface area contributed by atoms with Crippen LogP contribution in [0.1, 0.15) is 12.0 Å². The molecule has 30 heavy (non-hydrogen) atoms. The molecule has 3 heterocycles. The fraction of sp³-hybridized carbons (Fsp3) is 0.286. The lowest BCUT2D eigenvalue weighted by Gasteiger charge is -2.40. The second-order valence-electron chi connectivity index (χ2n) is 7.09. The summed E-state index contributed by atoms with van der Waals surface area (Å²) in [5.41, 5.74) is 2.21. The summed E-state index contributed by atoms with van der Waals surface area (Å²) in [4.78, 5) is 7.70. The maximum Gasteiger partial charge on any atom is 0.573 e. The molecular formula is C21H19F4N3O2. The molecule has 0 saturated carbocycles. The minimum atomic E-state index is -4.76.